The summed E-state index contributed by atoms with van der Waals surface area (Å²) in [6.45, 7) is 5.85. The number of anilines is 1. The van der Waals surface area contributed by atoms with E-state index in [0.717, 1.165) is 22.4 Å². The first-order valence-electron chi connectivity index (χ1n) is 9.62. The third-order valence-electron chi connectivity index (χ3n) is 4.67. The van der Waals surface area contributed by atoms with Gasteiger partial charge in [0.25, 0.3) is 11.8 Å². The van der Waals surface area contributed by atoms with Crippen LogP contribution in [0, 0.1) is 26.6 Å². The number of carbonyl (C=O) groups excluding carboxylic acids is 2. The van der Waals surface area contributed by atoms with Crippen LogP contribution >= 0.6 is 11.6 Å². The molecule has 0 aliphatic carbocycles. The Hall–Kier alpha value is -3.39. The van der Waals surface area contributed by atoms with Gasteiger partial charge < -0.3 is 5.32 Å². The van der Waals surface area contributed by atoms with Gasteiger partial charge in [0.05, 0.1) is 18.8 Å². The molecule has 3 aromatic rings. The minimum Gasteiger partial charge on any atom is -0.376 e. The number of aromatic nitrogens is 2. The average Bonchev–Trinajstić information content (AvgIpc) is 3.00. The minimum atomic E-state index is -0.576. The van der Waals surface area contributed by atoms with Crippen molar-refractivity contribution in [3.63, 3.8) is 0 Å². The second kappa shape index (κ2) is 9.61. The Bertz CT molecular complexity index is 1110. The van der Waals surface area contributed by atoms with Crippen LogP contribution in [0.4, 0.5) is 10.1 Å². The van der Waals surface area contributed by atoms with Crippen LogP contribution in [0.15, 0.2) is 42.5 Å². The number of hydrogen-bond acceptors (Lipinski definition) is 4. The zero-order valence-electron chi connectivity index (χ0n) is 17.4. The molecule has 2 amide bonds. The van der Waals surface area contributed by atoms with Gasteiger partial charge in [-0.2, -0.15) is 5.10 Å². The van der Waals surface area contributed by atoms with Gasteiger partial charge in [-0.05, 0) is 50.1 Å². The van der Waals surface area contributed by atoms with Crippen molar-refractivity contribution in [1.82, 2.24) is 20.6 Å². The fourth-order valence-corrected chi connectivity index (χ4v) is 3.42. The molecule has 3 N–H and O–H groups in total. The monoisotopic (exact) mass is 443 g/mol. The van der Waals surface area contributed by atoms with E-state index >= 15 is 0 Å². The molecule has 0 spiro atoms. The van der Waals surface area contributed by atoms with Gasteiger partial charge in [0.1, 0.15) is 16.5 Å². The van der Waals surface area contributed by atoms with Crippen molar-refractivity contribution in [1.29, 1.82) is 0 Å². The Morgan fingerprint density at radius 2 is 1.77 bits per heavy atom. The Morgan fingerprint density at radius 3 is 2.45 bits per heavy atom. The molecule has 0 saturated heterocycles. The number of rotatable bonds is 6. The summed E-state index contributed by atoms with van der Waals surface area (Å²) in [7, 11) is 0. The van der Waals surface area contributed by atoms with E-state index in [-0.39, 0.29) is 29.6 Å². The molecule has 1 heterocycles. The Morgan fingerprint density at radius 1 is 1.06 bits per heavy atom. The number of benzene rings is 2. The SMILES string of the molecule is Cc1ccc(NCC(=O)NNC(=O)c2c(C)nn(Cc3ccc(F)cc3)c2Cl)c(C)c1. The molecule has 0 fully saturated rings. The van der Waals surface area contributed by atoms with Crippen LogP contribution in [0.3, 0.4) is 0 Å². The molecule has 162 valence electrons. The van der Waals surface area contributed by atoms with Crippen LogP contribution in [-0.4, -0.2) is 28.1 Å². The van der Waals surface area contributed by atoms with Gasteiger partial charge in [-0.3, -0.25) is 20.4 Å². The van der Waals surface area contributed by atoms with Crippen molar-refractivity contribution in [3.8, 4) is 0 Å². The smallest absolute Gasteiger partial charge is 0.274 e. The van der Waals surface area contributed by atoms with E-state index in [0.29, 0.717) is 5.69 Å². The summed E-state index contributed by atoms with van der Waals surface area (Å²) in [6, 6.07) is 11.8. The zero-order valence-corrected chi connectivity index (χ0v) is 18.2. The lowest BCUT2D eigenvalue weighted by Gasteiger charge is -2.11. The van der Waals surface area contributed by atoms with Crippen molar-refractivity contribution in [2.75, 3.05) is 11.9 Å². The van der Waals surface area contributed by atoms with E-state index in [1.807, 2.05) is 32.0 Å². The molecule has 31 heavy (non-hydrogen) atoms. The molecule has 9 heteroatoms. The summed E-state index contributed by atoms with van der Waals surface area (Å²) in [6.07, 6.45) is 0. The van der Waals surface area contributed by atoms with Crippen LogP contribution in [0.5, 0.6) is 0 Å². The fourth-order valence-electron chi connectivity index (χ4n) is 3.10. The highest BCUT2D eigenvalue weighted by atomic mass is 35.5. The Kier molecular flexibility index (Phi) is 6.91. The first-order valence-corrected chi connectivity index (χ1v) is 10.00. The molecule has 0 bridgehead atoms. The third kappa shape index (κ3) is 5.61. The van der Waals surface area contributed by atoms with E-state index < -0.39 is 11.8 Å². The van der Waals surface area contributed by atoms with Crippen LogP contribution in [0.1, 0.15) is 32.7 Å². The molecular formula is C22H23ClFN5O2. The number of amides is 2. The molecule has 7 nitrogen and oxygen atoms in total. The zero-order chi connectivity index (χ0) is 22.5. The first kappa shape index (κ1) is 22.3. The van der Waals surface area contributed by atoms with E-state index in [1.165, 1.54) is 16.8 Å². The molecule has 0 atom stereocenters. The maximum Gasteiger partial charge on any atom is 0.274 e. The highest BCUT2D eigenvalue weighted by Gasteiger charge is 2.21. The minimum absolute atomic E-state index is 0.0132. The third-order valence-corrected chi connectivity index (χ3v) is 5.06. The van der Waals surface area contributed by atoms with Crippen LogP contribution in [0.2, 0.25) is 5.15 Å². The molecule has 0 saturated carbocycles. The van der Waals surface area contributed by atoms with E-state index in [9.17, 15) is 14.0 Å². The number of halogens is 2. The van der Waals surface area contributed by atoms with E-state index in [4.69, 9.17) is 11.6 Å². The van der Waals surface area contributed by atoms with E-state index in [1.54, 1.807) is 19.1 Å². The first-order chi connectivity index (χ1) is 14.7. The van der Waals surface area contributed by atoms with Gasteiger partial charge in [0, 0.05) is 5.69 Å². The molecule has 0 aliphatic rings. The normalized spacial score (nSPS) is 10.6. The number of hydrogen-bond donors (Lipinski definition) is 3. The summed E-state index contributed by atoms with van der Waals surface area (Å²) in [5.41, 5.74) is 9.07. The lowest BCUT2D eigenvalue weighted by Crippen LogP contribution is -2.44. The molecule has 0 unspecified atom stereocenters. The van der Waals surface area contributed by atoms with Gasteiger partial charge in [-0.1, -0.05) is 41.4 Å². The largest absolute Gasteiger partial charge is 0.376 e. The van der Waals surface area contributed by atoms with Gasteiger partial charge in [-0.15, -0.1) is 0 Å². The fraction of sp³-hybridized carbons (Fsp3) is 0.227. The van der Waals surface area contributed by atoms with Crippen LogP contribution < -0.4 is 16.2 Å². The second-order valence-electron chi connectivity index (χ2n) is 7.21. The van der Waals surface area contributed by atoms with Gasteiger partial charge >= 0.3 is 0 Å². The van der Waals surface area contributed by atoms with Crippen molar-refractivity contribution >= 4 is 29.1 Å². The lowest BCUT2D eigenvalue weighted by molar-refractivity contribution is -0.120. The molecule has 3 rings (SSSR count). The predicted molar refractivity (Wildman–Crippen MR) is 117 cm³/mol. The number of nitrogens with zero attached hydrogens (tertiary/aromatic N) is 2. The molecule has 1 aromatic heterocycles. The highest BCUT2D eigenvalue weighted by Crippen LogP contribution is 2.21. The van der Waals surface area contributed by atoms with Gasteiger partial charge in [0.2, 0.25) is 0 Å². The van der Waals surface area contributed by atoms with Crippen molar-refractivity contribution < 1.29 is 14.0 Å². The summed E-state index contributed by atoms with van der Waals surface area (Å²) >= 11 is 6.33. The number of carbonyl (C=O) groups is 2. The average molecular weight is 444 g/mol. The molecule has 2 aromatic carbocycles. The van der Waals surface area contributed by atoms with E-state index in [2.05, 4.69) is 21.3 Å². The number of aryl methyl sites for hydroxylation is 3. The molecule has 0 radical (unpaired) electrons. The Balaban J connectivity index is 1.58. The highest BCUT2D eigenvalue weighted by molar-refractivity contribution is 6.33. The Labute approximate surface area is 184 Å². The van der Waals surface area contributed by atoms with Gasteiger partial charge in [0.15, 0.2) is 0 Å². The lowest BCUT2D eigenvalue weighted by atomic mass is 10.1. The summed E-state index contributed by atoms with van der Waals surface area (Å²) in [5.74, 6) is -1.33. The maximum absolute atomic E-state index is 13.1. The van der Waals surface area contributed by atoms with Crippen LogP contribution in [0.25, 0.3) is 0 Å². The van der Waals surface area contributed by atoms with Crippen molar-refractivity contribution in [3.05, 3.63) is 81.4 Å². The maximum atomic E-state index is 13.1. The molecular weight excluding hydrogens is 421 g/mol. The predicted octanol–water partition coefficient (Wildman–Crippen LogP) is 3.52. The van der Waals surface area contributed by atoms with Crippen LogP contribution in [-0.2, 0) is 11.3 Å². The summed E-state index contributed by atoms with van der Waals surface area (Å²) in [5, 5.41) is 7.43. The number of hydrazine groups is 1. The standard InChI is InChI=1S/C22H23ClFN5O2/c1-13-4-9-18(14(2)10-13)25-11-19(30)26-27-22(31)20-15(3)28-29(21(20)23)12-16-5-7-17(24)8-6-16/h4-10,25H,11-12H2,1-3H3,(H,26,30)(H,27,31). The quantitative estimate of drug-likeness (QED) is 0.508. The molecule has 0 aliphatic heterocycles. The van der Waals surface area contributed by atoms with Crippen molar-refractivity contribution in [2.45, 2.75) is 27.3 Å². The summed E-state index contributed by atoms with van der Waals surface area (Å²) < 4.78 is 14.5. The second-order valence-corrected chi connectivity index (χ2v) is 7.57. The topological polar surface area (TPSA) is 88.1 Å². The van der Waals surface area contributed by atoms with Gasteiger partial charge in [-0.25, -0.2) is 9.07 Å². The summed E-state index contributed by atoms with van der Waals surface area (Å²) in [4.78, 5) is 24.6. The van der Waals surface area contributed by atoms with Crippen molar-refractivity contribution in [2.24, 2.45) is 0 Å². The number of nitrogens with one attached hydrogen (secondary N) is 3.